The number of carbonyl (C=O) groups is 3. The van der Waals surface area contributed by atoms with Gasteiger partial charge in [0.1, 0.15) is 6.61 Å². The van der Waals surface area contributed by atoms with E-state index >= 15 is 0 Å². The van der Waals surface area contributed by atoms with Crippen LogP contribution >= 0.6 is 7.82 Å². The Morgan fingerprint density at radius 1 is 0.644 bits per heavy atom. The fraction of sp³-hybridized carbons (Fsp3) is 0.686. The van der Waals surface area contributed by atoms with Crippen LogP contribution in [0.15, 0.2) is 48.6 Å². The van der Waals surface area contributed by atoms with E-state index in [4.69, 9.17) is 19.3 Å². The number of hydrogen-bond donors (Lipinski definition) is 2. The highest BCUT2D eigenvalue weighted by atomic mass is 31.2. The van der Waals surface area contributed by atoms with Crippen molar-refractivity contribution in [3.8, 4) is 0 Å². The van der Waals surface area contributed by atoms with Crippen LogP contribution < -0.4 is 0 Å². The van der Waals surface area contributed by atoms with Gasteiger partial charge in [-0.05, 0) is 44.6 Å². The minimum atomic E-state index is -4.77. The summed E-state index contributed by atoms with van der Waals surface area (Å²) >= 11 is 0. The summed E-state index contributed by atoms with van der Waals surface area (Å²) in [6.07, 6.45) is 31.2. The van der Waals surface area contributed by atoms with E-state index in [1.165, 1.54) is 32.1 Å². The summed E-state index contributed by atoms with van der Waals surface area (Å²) in [5.41, 5.74) is 0. The topological polar surface area (TPSA) is 136 Å². The number of phosphoric acid groups is 1. The zero-order valence-electron chi connectivity index (χ0n) is 27.7. The SMILES string of the molecule is CCCCCCCCCCCC(=O)OC[C@H](COP(=O)(O)O)OC(=O)CCC/C=C\C/C=C\C/C=C\C=C\C(=O)CCCCC. The van der Waals surface area contributed by atoms with Gasteiger partial charge in [0.2, 0.25) is 0 Å². The second-order valence-electron chi connectivity index (χ2n) is 11.2. The van der Waals surface area contributed by atoms with Crippen LogP contribution in [0.2, 0.25) is 0 Å². The number of hydrogen-bond acceptors (Lipinski definition) is 7. The number of ketones is 1. The van der Waals surface area contributed by atoms with Gasteiger partial charge in [0, 0.05) is 19.3 Å². The number of rotatable bonds is 30. The lowest BCUT2D eigenvalue weighted by Gasteiger charge is -2.18. The summed E-state index contributed by atoms with van der Waals surface area (Å²) in [4.78, 5) is 54.1. The fourth-order valence-electron chi connectivity index (χ4n) is 4.26. The molecule has 9 nitrogen and oxygen atoms in total. The van der Waals surface area contributed by atoms with Gasteiger partial charge >= 0.3 is 19.8 Å². The average molecular weight is 655 g/mol. The van der Waals surface area contributed by atoms with Crippen molar-refractivity contribution in [3.63, 3.8) is 0 Å². The third kappa shape index (κ3) is 32.9. The summed E-state index contributed by atoms with van der Waals surface area (Å²) in [6.45, 7) is 3.42. The van der Waals surface area contributed by atoms with Gasteiger partial charge < -0.3 is 19.3 Å². The van der Waals surface area contributed by atoms with Crippen molar-refractivity contribution in [3.05, 3.63) is 48.6 Å². The first-order valence-electron chi connectivity index (χ1n) is 16.9. The Morgan fingerprint density at radius 3 is 1.87 bits per heavy atom. The van der Waals surface area contributed by atoms with E-state index < -0.39 is 32.5 Å². The molecule has 0 aromatic heterocycles. The van der Waals surface area contributed by atoms with Crippen LogP contribution in [0.25, 0.3) is 0 Å². The Morgan fingerprint density at radius 2 is 1.20 bits per heavy atom. The van der Waals surface area contributed by atoms with Gasteiger partial charge in [-0.2, -0.15) is 0 Å². The zero-order chi connectivity index (χ0) is 33.4. The number of esters is 2. The largest absolute Gasteiger partial charge is 0.469 e. The Balaban J connectivity index is 4.19. The molecule has 0 saturated heterocycles. The molecule has 1 atom stereocenters. The van der Waals surface area contributed by atoms with Gasteiger partial charge in [0.25, 0.3) is 0 Å². The van der Waals surface area contributed by atoms with E-state index in [1.807, 2.05) is 36.5 Å². The Labute approximate surface area is 271 Å². The fourth-order valence-corrected chi connectivity index (χ4v) is 4.62. The maximum Gasteiger partial charge on any atom is 0.469 e. The Hall–Kier alpha value is -2.32. The number of allylic oxidation sites excluding steroid dienone is 8. The lowest BCUT2D eigenvalue weighted by atomic mass is 10.1. The van der Waals surface area contributed by atoms with Crippen molar-refractivity contribution in [1.82, 2.24) is 0 Å². The molecule has 0 spiro atoms. The van der Waals surface area contributed by atoms with Crippen molar-refractivity contribution in [1.29, 1.82) is 0 Å². The summed E-state index contributed by atoms with van der Waals surface area (Å²) in [5.74, 6) is -0.830. The molecule has 258 valence electrons. The third-order valence-electron chi connectivity index (χ3n) is 6.83. The van der Waals surface area contributed by atoms with E-state index in [-0.39, 0.29) is 25.2 Å². The predicted molar refractivity (Wildman–Crippen MR) is 179 cm³/mol. The number of ether oxygens (including phenoxy) is 2. The standard InChI is InChI=1S/C35H59O9P/c1-3-5-7-8-9-13-17-20-24-28-34(37)42-30-33(31-43-45(39,40)41)44-35(38)29-25-21-18-15-12-10-11-14-16-19-23-27-32(36)26-22-6-4-2/h10-11,15-16,18-19,23,27,33H,3-9,12-14,17,20-22,24-26,28-31H2,1-2H3,(H2,39,40,41)/b11-10-,18-15-,19-16-,27-23+/t33-/m1/s1. The molecule has 0 amide bonds. The first kappa shape index (κ1) is 42.7. The first-order valence-corrected chi connectivity index (χ1v) is 18.4. The third-order valence-corrected chi connectivity index (χ3v) is 7.31. The number of unbranched alkanes of at least 4 members (excludes halogenated alkanes) is 11. The van der Waals surface area contributed by atoms with Crippen molar-refractivity contribution in [2.24, 2.45) is 0 Å². The Kier molecular flexibility index (Phi) is 28.8. The van der Waals surface area contributed by atoms with Crippen LogP contribution in [0.4, 0.5) is 0 Å². The van der Waals surface area contributed by atoms with E-state index in [9.17, 15) is 18.9 Å². The van der Waals surface area contributed by atoms with Crippen molar-refractivity contribution < 1.29 is 42.7 Å². The van der Waals surface area contributed by atoms with Crippen molar-refractivity contribution in [2.45, 2.75) is 142 Å². The highest BCUT2D eigenvalue weighted by Crippen LogP contribution is 2.35. The summed E-state index contributed by atoms with van der Waals surface area (Å²) < 4.78 is 26.1. The monoisotopic (exact) mass is 654 g/mol. The van der Waals surface area contributed by atoms with E-state index in [2.05, 4.69) is 18.4 Å². The molecule has 0 rings (SSSR count). The minimum absolute atomic E-state index is 0.110. The molecule has 0 fully saturated rings. The smallest absolute Gasteiger partial charge is 0.462 e. The molecule has 0 aliphatic rings. The second-order valence-corrected chi connectivity index (χ2v) is 12.4. The summed E-state index contributed by atoms with van der Waals surface area (Å²) in [7, 11) is -4.77. The van der Waals surface area contributed by atoms with Crippen LogP contribution in [0, 0.1) is 0 Å². The maximum absolute atomic E-state index is 12.3. The van der Waals surface area contributed by atoms with Crippen LogP contribution in [0.1, 0.15) is 136 Å². The van der Waals surface area contributed by atoms with Gasteiger partial charge in [0.05, 0.1) is 6.61 Å². The van der Waals surface area contributed by atoms with Crippen LogP contribution in [0.5, 0.6) is 0 Å². The quantitative estimate of drug-likeness (QED) is 0.0194. The van der Waals surface area contributed by atoms with E-state index in [0.717, 1.165) is 51.4 Å². The van der Waals surface area contributed by atoms with Crippen molar-refractivity contribution in [2.75, 3.05) is 13.2 Å². The molecule has 0 bridgehead atoms. The first-order chi connectivity index (χ1) is 21.7. The molecular formula is C35H59O9P. The zero-order valence-corrected chi connectivity index (χ0v) is 28.6. The van der Waals surface area contributed by atoms with E-state index in [1.54, 1.807) is 12.2 Å². The molecule has 0 aliphatic heterocycles. The summed E-state index contributed by atoms with van der Waals surface area (Å²) in [6, 6.07) is 0. The maximum atomic E-state index is 12.3. The molecule has 0 aromatic carbocycles. The molecule has 2 N–H and O–H groups in total. The average Bonchev–Trinajstić information content (AvgIpc) is 2.99. The molecule has 0 unspecified atom stereocenters. The number of phosphoric ester groups is 1. The van der Waals surface area contributed by atoms with Gasteiger partial charge in [-0.1, -0.05) is 121 Å². The molecule has 0 aromatic rings. The minimum Gasteiger partial charge on any atom is -0.462 e. The Bertz CT molecular complexity index is 933. The van der Waals surface area contributed by atoms with Gasteiger partial charge in [-0.3, -0.25) is 18.9 Å². The van der Waals surface area contributed by atoms with Crippen LogP contribution in [0.3, 0.4) is 0 Å². The number of carbonyl (C=O) groups excluding carboxylic acids is 3. The van der Waals surface area contributed by atoms with E-state index in [0.29, 0.717) is 25.7 Å². The molecule has 0 heterocycles. The molecule has 0 saturated carbocycles. The molecular weight excluding hydrogens is 595 g/mol. The van der Waals surface area contributed by atoms with Gasteiger partial charge in [0.15, 0.2) is 11.9 Å². The van der Waals surface area contributed by atoms with Gasteiger partial charge in [-0.25, -0.2) is 4.57 Å². The van der Waals surface area contributed by atoms with Gasteiger partial charge in [-0.15, -0.1) is 0 Å². The summed E-state index contributed by atoms with van der Waals surface area (Å²) in [5, 5.41) is 0. The lowest BCUT2D eigenvalue weighted by Crippen LogP contribution is -2.29. The second kappa shape index (κ2) is 30.3. The van der Waals surface area contributed by atoms with Crippen molar-refractivity contribution >= 4 is 25.5 Å². The van der Waals surface area contributed by atoms with Crippen LogP contribution in [-0.4, -0.2) is 46.8 Å². The molecule has 0 radical (unpaired) electrons. The highest BCUT2D eigenvalue weighted by Gasteiger charge is 2.22. The molecule has 0 aliphatic carbocycles. The normalized spacial score (nSPS) is 13.0. The molecule has 45 heavy (non-hydrogen) atoms. The lowest BCUT2D eigenvalue weighted by molar-refractivity contribution is -0.161. The predicted octanol–water partition coefficient (Wildman–Crippen LogP) is 8.80. The van der Waals surface area contributed by atoms with Crippen LogP contribution in [-0.2, 0) is 32.9 Å². The molecule has 10 heteroatoms. The highest BCUT2D eigenvalue weighted by molar-refractivity contribution is 7.46.